The zero-order chi connectivity index (χ0) is 13.3. The standard InChI is InChI=1S/C13H17N3OS/c1-8-9(2)18-11(10(8)6-14)16-12(17)13(3)4-5-15-7-13/h15H,4-5,7H2,1-3H3,(H,16,17). The third-order valence-electron chi connectivity index (χ3n) is 3.64. The molecular formula is C13H17N3OS. The smallest absolute Gasteiger partial charge is 0.232 e. The van der Waals surface area contributed by atoms with E-state index in [2.05, 4.69) is 16.7 Å². The number of aryl methyl sites for hydroxylation is 1. The minimum Gasteiger partial charge on any atom is -0.316 e. The van der Waals surface area contributed by atoms with Gasteiger partial charge in [0, 0.05) is 11.4 Å². The van der Waals surface area contributed by atoms with E-state index in [4.69, 9.17) is 5.26 Å². The van der Waals surface area contributed by atoms with Gasteiger partial charge in [-0.1, -0.05) is 0 Å². The first-order valence-corrected chi connectivity index (χ1v) is 6.82. The van der Waals surface area contributed by atoms with E-state index in [-0.39, 0.29) is 11.3 Å². The normalized spacial score (nSPS) is 22.8. The van der Waals surface area contributed by atoms with Crippen LogP contribution < -0.4 is 10.6 Å². The fraction of sp³-hybridized carbons (Fsp3) is 0.538. The van der Waals surface area contributed by atoms with E-state index in [9.17, 15) is 4.79 Å². The molecule has 5 heteroatoms. The molecule has 0 aromatic carbocycles. The van der Waals surface area contributed by atoms with Crippen LogP contribution in [0.3, 0.4) is 0 Å². The van der Waals surface area contributed by atoms with Crippen LogP contribution in [0.15, 0.2) is 0 Å². The summed E-state index contributed by atoms with van der Waals surface area (Å²) in [7, 11) is 0. The second-order valence-electron chi connectivity index (χ2n) is 5.04. The molecule has 1 fully saturated rings. The molecule has 1 saturated heterocycles. The summed E-state index contributed by atoms with van der Waals surface area (Å²) in [5.41, 5.74) is 1.20. The molecule has 1 aliphatic rings. The Morgan fingerprint density at radius 1 is 1.56 bits per heavy atom. The lowest BCUT2D eigenvalue weighted by molar-refractivity contribution is -0.123. The Morgan fingerprint density at radius 3 is 2.83 bits per heavy atom. The lowest BCUT2D eigenvalue weighted by Gasteiger charge is -2.20. The Hall–Kier alpha value is -1.38. The van der Waals surface area contributed by atoms with Gasteiger partial charge in [0.05, 0.1) is 11.0 Å². The quantitative estimate of drug-likeness (QED) is 0.859. The van der Waals surface area contributed by atoms with Crippen molar-refractivity contribution in [3.63, 3.8) is 0 Å². The van der Waals surface area contributed by atoms with Gasteiger partial charge in [0.25, 0.3) is 0 Å². The van der Waals surface area contributed by atoms with E-state index in [0.29, 0.717) is 17.1 Å². The Kier molecular flexibility index (Phi) is 3.42. The SMILES string of the molecule is Cc1sc(NC(=O)C2(C)CCNC2)c(C#N)c1C. The highest BCUT2D eigenvalue weighted by Gasteiger charge is 2.36. The highest BCUT2D eigenvalue weighted by molar-refractivity contribution is 7.16. The molecule has 2 rings (SSSR count). The first-order chi connectivity index (χ1) is 8.48. The van der Waals surface area contributed by atoms with E-state index in [1.807, 2.05) is 20.8 Å². The van der Waals surface area contributed by atoms with Crippen LogP contribution in [0, 0.1) is 30.6 Å². The summed E-state index contributed by atoms with van der Waals surface area (Å²) in [4.78, 5) is 13.4. The number of carbonyl (C=O) groups is 1. The third-order valence-corrected chi connectivity index (χ3v) is 4.76. The zero-order valence-electron chi connectivity index (χ0n) is 10.9. The Labute approximate surface area is 111 Å². The molecule has 0 saturated carbocycles. The highest BCUT2D eigenvalue weighted by atomic mass is 32.1. The summed E-state index contributed by atoms with van der Waals surface area (Å²) in [5.74, 6) is 0.00486. The molecule has 0 radical (unpaired) electrons. The minimum absolute atomic E-state index is 0.00486. The van der Waals surface area contributed by atoms with Crippen LogP contribution in [0.2, 0.25) is 0 Å². The number of carbonyl (C=O) groups excluding carboxylic acids is 1. The van der Waals surface area contributed by atoms with Crippen molar-refractivity contribution in [2.75, 3.05) is 18.4 Å². The maximum atomic E-state index is 12.3. The van der Waals surface area contributed by atoms with E-state index < -0.39 is 0 Å². The van der Waals surface area contributed by atoms with Gasteiger partial charge in [0.15, 0.2) is 0 Å². The van der Waals surface area contributed by atoms with Crippen molar-refractivity contribution in [3.8, 4) is 6.07 Å². The van der Waals surface area contributed by atoms with Crippen LogP contribution in [0.4, 0.5) is 5.00 Å². The molecule has 2 heterocycles. The number of thiophene rings is 1. The number of nitrogens with one attached hydrogen (secondary N) is 2. The summed E-state index contributed by atoms with van der Waals surface area (Å²) in [6.45, 7) is 7.41. The topological polar surface area (TPSA) is 64.9 Å². The number of nitriles is 1. The van der Waals surface area contributed by atoms with Crippen LogP contribution in [0.25, 0.3) is 0 Å². The van der Waals surface area contributed by atoms with Crippen molar-refractivity contribution in [1.29, 1.82) is 5.26 Å². The van der Waals surface area contributed by atoms with Crippen LogP contribution in [-0.4, -0.2) is 19.0 Å². The molecule has 4 nitrogen and oxygen atoms in total. The van der Waals surface area contributed by atoms with E-state index in [0.717, 1.165) is 23.4 Å². The van der Waals surface area contributed by atoms with E-state index >= 15 is 0 Å². The molecule has 2 N–H and O–H groups in total. The van der Waals surface area contributed by atoms with Gasteiger partial charge in [-0.3, -0.25) is 4.79 Å². The molecule has 0 spiro atoms. The third kappa shape index (κ3) is 2.14. The average Bonchev–Trinajstić information content (AvgIpc) is 2.87. The molecule has 0 aliphatic carbocycles. The molecule has 1 amide bonds. The van der Waals surface area contributed by atoms with Gasteiger partial charge in [-0.05, 0) is 39.3 Å². The van der Waals surface area contributed by atoms with E-state index in [1.54, 1.807) is 0 Å². The fourth-order valence-corrected chi connectivity index (χ4v) is 3.12. The maximum Gasteiger partial charge on any atom is 0.232 e. The lowest BCUT2D eigenvalue weighted by Crippen LogP contribution is -2.35. The van der Waals surface area contributed by atoms with Crippen LogP contribution in [-0.2, 0) is 4.79 Å². The van der Waals surface area contributed by atoms with Gasteiger partial charge >= 0.3 is 0 Å². The van der Waals surface area contributed by atoms with Crippen molar-refractivity contribution in [2.24, 2.45) is 5.41 Å². The maximum absolute atomic E-state index is 12.3. The lowest BCUT2D eigenvalue weighted by atomic mass is 9.89. The highest BCUT2D eigenvalue weighted by Crippen LogP contribution is 2.34. The number of nitrogens with zero attached hydrogens (tertiary/aromatic N) is 1. The summed E-state index contributed by atoms with van der Waals surface area (Å²) in [6, 6.07) is 2.17. The van der Waals surface area contributed by atoms with Crippen LogP contribution in [0.5, 0.6) is 0 Å². The van der Waals surface area contributed by atoms with Crippen molar-refractivity contribution >= 4 is 22.2 Å². The van der Waals surface area contributed by atoms with Gasteiger partial charge < -0.3 is 10.6 Å². The zero-order valence-corrected chi connectivity index (χ0v) is 11.7. The van der Waals surface area contributed by atoms with Crippen molar-refractivity contribution < 1.29 is 4.79 Å². The first-order valence-electron chi connectivity index (χ1n) is 6.00. The van der Waals surface area contributed by atoms with Gasteiger partial charge in [0.2, 0.25) is 5.91 Å². The molecule has 1 aliphatic heterocycles. The molecule has 1 unspecified atom stereocenters. The fourth-order valence-electron chi connectivity index (χ4n) is 2.11. The molecular weight excluding hydrogens is 246 g/mol. The average molecular weight is 263 g/mol. The predicted molar refractivity (Wildman–Crippen MR) is 72.7 cm³/mol. The number of anilines is 1. The second-order valence-corrected chi connectivity index (χ2v) is 6.27. The molecule has 1 atom stereocenters. The van der Waals surface area contributed by atoms with Crippen LogP contribution >= 0.6 is 11.3 Å². The van der Waals surface area contributed by atoms with Gasteiger partial charge in [-0.2, -0.15) is 5.26 Å². The molecule has 96 valence electrons. The Balaban J connectivity index is 2.22. The summed E-state index contributed by atoms with van der Waals surface area (Å²) in [5, 5.41) is 16.0. The summed E-state index contributed by atoms with van der Waals surface area (Å²) >= 11 is 1.48. The summed E-state index contributed by atoms with van der Waals surface area (Å²) < 4.78 is 0. The summed E-state index contributed by atoms with van der Waals surface area (Å²) in [6.07, 6.45) is 0.837. The van der Waals surface area contributed by atoms with Crippen molar-refractivity contribution in [1.82, 2.24) is 5.32 Å². The molecule has 0 bridgehead atoms. The van der Waals surface area contributed by atoms with Crippen LogP contribution in [0.1, 0.15) is 29.3 Å². The molecule has 1 aromatic rings. The van der Waals surface area contributed by atoms with Gasteiger partial charge in [0.1, 0.15) is 11.1 Å². The number of hydrogen-bond donors (Lipinski definition) is 2. The second kappa shape index (κ2) is 4.71. The van der Waals surface area contributed by atoms with E-state index in [1.165, 1.54) is 11.3 Å². The Morgan fingerprint density at radius 2 is 2.28 bits per heavy atom. The minimum atomic E-state index is -0.363. The largest absolute Gasteiger partial charge is 0.316 e. The Bertz CT molecular complexity index is 521. The number of amides is 1. The predicted octanol–water partition coefficient (Wildman–Crippen LogP) is 2.17. The molecule has 18 heavy (non-hydrogen) atoms. The van der Waals surface area contributed by atoms with Crippen molar-refractivity contribution in [3.05, 3.63) is 16.0 Å². The van der Waals surface area contributed by atoms with Gasteiger partial charge in [-0.25, -0.2) is 0 Å². The first kappa shape index (κ1) is 13.1. The van der Waals surface area contributed by atoms with Crippen molar-refractivity contribution in [2.45, 2.75) is 27.2 Å². The number of rotatable bonds is 2. The monoisotopic (exact) mass is 263 g/mol. The molecule has 1 aromatic heterocycles. The van der Waals surface area contributed by atoms with Gasteiger partial charge in [-0.15, -0.1) is 11.3 Å². The number of hydrogen-bond acceptors (Lipinski definition) is 4.